The molecular formula is C11H23N3O2. The van der Waals surface area contributed by atoms with Gasteiger partial charge in [-0.25, -0.2) is 0 Å². The summed E-state index contributed by atoms with van der Waals surface area (Å²) in [5.74, 6) is -0.142. The number of nitrogens with zero attached hydrogens (tertiary/aromatic N) is 2. The van der Waals surface area contributed by atoms with Crippen LogP contribution in [0.3, 0.4) is 0 Å². The van der Waals surface area contributed by atoms with E-state index in [1.54, 1.807) is 0 Å². The number of aliphatic carboxylic acids is 1. The van der Waals surface area contributed by atoms with Crippen LogP contribution < -0.4 is 5.73 Å². The Kier molecular flexibility index (Phi) is 5.18. The van der Waals surface area contributed by atoms with Crippen molar-refractivity contribution in [3.8, 4) is 0 Å². The molecule has 5 heteroatoms. The molecule has 1 atom stereocenters. The lowest BCUT2D eigenvalue weighted by molar-refractivity contribution is -0.143. The Balaban J connectivity index is 2.38. The van der Waals surface area contributed by atoms with E-state index in [0.717, 1.165) is 32.7 Å². The third kappa shape index (κ3) is 3.73. The van der Waals surface area contributed by atoms with Crippen molar-refractivity contribution < 1.29 is 9.90 Å². The van der Waals surface area contributed by atoms with Crippen LogP contribution in [0.25, 0.3) is 0 Å². The third-order valence-electron chi connectivity index (χ3n) is 2.98. The van der Waals surface area contributed by atoms with Gasteiger partial charge in [0.1, 0.15) is 6.04 Å². The van der Waals surface area contributed by atoms with Crippen molar-refractivity contribution in [3.63, 3.8) is 0 Å². The lowest BCUT2D eigenvalue weighted by Gasteiger charge is -2.37. The van der Waals surface area contributed by atoms with Gasteiger partial charge in [-0.3, -0.25) is 9.69 Å². The van der Waals surface area contributed by atoms with Gasteiger partial charge in [-0.05, 0) is 5.92 Å². The molecule has 94 valence electrons. The van der Waals surface area contributed by atoms with Crippen molar-refractivity contribution in [1.29, 1.82) is 0 Å². The molecule has 1 rings (SSSR count). The molecule has 1 heterocycles. The predicted molar refractivity (Wildman–Crippen MR) is 63.3 cm³/mol. The first-order valence-corrected chi connectivity index (χ1v) is 5.94. The Bertz CT molecular complexity index is 225. The topological polar surface area (TPSA) is 69.8 Å². The molecule has 1 saturated heterocycles. The molecule has 0 aromatic carbocycles. The minimum Gasteiger partial charge on any atom is -0.480 e. The van der Waals surface area contributed by atoms with Gasteiger partial charge < -0.3 is 15.7 Å². The van der Waals surface area contributed by atoms with Crippen molar-refractivity contribution in [2.24, 2.45) is 11.7 Å². The highest BCUT2D eigenvalue weighted by Crippen LogP contribution is 2.08. The van der Waals surface area contributed by atoms with Crippen LogP contribution in [0, 0.1) is 5.92 Å². The van der Waals surface area contributed by atoms with E-state index in [2.05, 4.69) is 18.7 Å². The van der Waals surface area contributed by atoms with Gasteiger partial charge in [0.15, 0.2) is 0 Å². The summed E-state index contributed by atoms with van der Waals surface area (Å²) in [4.78, 5) is 15.3. The molecule has 0 aromatic heterocycles. The summed E-state index contributed by atoms with van der Waals surface area (Å²) in [6.07, 6.45) is 0. The number of carboxylic acids is 1. The molecule has 1 unspecified atom stereocenters. The first kappa shape index (κ1) is 13.4. The third-order valence-corrected chi connectivity index (χ3v) is 2.98. The maximum Gasteiger partial charge on any atom is 0.322 e. The van der Waals surface area contributed by atoms with Gasteiger partial charge in [-0.15, -0.1) is 0 Å². The van der Waals surface area contributed by atoms with E-state index < -0.39 is 12.0 Å². The van der Waals surface area contributed by atoms with Crippen LogP contribution in [-0.4, -0.2) is 66.2 Å². The predicted octanol–water partition coefficient (Wildman–Crippen LogP) is -0.328. The summed E-state index contributed by atoms with van der Waals surface area (Å²) in [6, 6.07) is -0.513. The molecule has 0 aromatic rings. The lowest BCUT2D eigenvalue weighted by atomic mass is 10.1. The smallest absolute Gasteiger partial charge is 0.322 e. The molecule has 1 aliphatic heterocycles. The van der Waals surface area contributed by atoms with Crippen LogP contribution >= 0.6 is 0 Å². The second-order valence-electron chi connectivity index (χ2n) is 4.82. The Hall–Kier alpha value is -0.650. The van der Waals surface area contributed by atoms with Crippen LogP contribution in [0.1, 0.15) is 13.8 Å². The molecule has 1 fully saturated rings. The molecule has 3 N–H and O–H groups in total. The summed E-state index contributed by atoms with van der Waals surface area (Å²) in [7, 11) is 0. The second-order valence-corrected chi connectivity index (χ2v) is 4.82. The van der Waals surface area contributed by atoms with Crippen LogP contribution in [0.15, 0.2) is 0 Å². The van der Waals surface area contributed by atoms with Crippen molar-refractivity contribution in [2.45, 2.75) is 19.9 Å². The molecule has 0 aliphatic carbocycles. The number of carbonyl (C=O) groups is 1. The van der Waals surface area contributed by atoms with E-state index >= 15 is 0 Å². The van der Waals surface area contributed by atoms with Gasteiger partial charge in [-0.2, -0.15) is 0 Å². The number of piperazine rings is 1. The van der Waals surface area contributed by atoms with Gasteiger partial charge >= 0.3 is 5.97 Å². The summed E-state index contributed by atoms with van der Waals surface area (Å²) >= 11 is 0. The highest BCUT2D eigenvalue weighted by atomic mass is 16.4. The van der Waals surface area contributed by atoms with E-state index in [9.17, 15) is 4.79 Å². The summed E-state index contributed by atoms with van der Waals surface area (Å²) < 4.78 is 0. The molecule has 0 bridgehead atoms. The van der Waals surface area contributed by atoms with E-state index in [1.807, 2.05) is 4.90 Å². The minimum atomic E-state index is -0.806. The maximum absolute atomic E-state index is 11.0. The zero-order chi connectivity index (χ0) is 12.1. The maximum atomic E-state index is 11.0. The standard InChI is InChI=1S/C11H23N3O2/c1-9(2)8-13-3-5-14(6-4-13)10(7-12)11(15)16/h9-10H,3-8,12H2,1-2H3,(H,15,16). The zero-order valence-corrected chi connectivity index (χ0v) is 10.2. The van der Waals surface area contributed by atoms with E-state index in [1.165, 1.54) is 0 Å². The fourth-order valence-electron chi connectivity index (χ4n) is 2.18. The summed E-state index contributed by atoms with van der Waals surface area (Å²) in [5.41, 5.74) is 5.48. The van der Waals surface area contributed by atoms with E-state index in [-0.39, 0.29) is 6.54 Å². The number of rotatable bonds is 5. The zero-order valence-electron chi connectivity index (χ0n) is 10.2. The SMILES string of the molecule is CC(C)CN1CCN(C(CN)C(=O)O)CC1. The lowest BCUT2D eigenvalue weighted by Crippen LogP contribution is -2.55. The molecule has 0 radical (unpaired) electrons. The first-order valence-electron chi connectivity index (χ1n) is 5.94. The highest BCUT2D eigenvalue weighted by molar-refractivity contribution is 5.73. The van der Waals surface area contributed by atoms with Crippen LogP contribution in [0.5, 0.6) is 0 Å². The van der Waals surface area contributed by atoms with Gasteiger partial charge in [0, 0.05) is 39.3 Å². The molecule has 0 spiro atoms. The fraction of sp³-hybridized carbons (Fsp3) is 0.909. The van der Waals surface area contributed by atoms with Crippen LogP contribution in [0.4, 0.5) is 0 Å². The summed E-state index contributed by atoms with van der Waals surface area (Å²) in [6.45, 7) is 9.19. The Labute approximate surface area is 97.2 Å². The molecule has 16 heavy (non-hydrogen) atoms. The Morgan fingerprint density at radius 3 is 2.25 bits per heavy atom. The van der Waals surface area contributed by atoms with Crippen molar-refractivity contribution >= 4 is 5.97 Å². The Morgan fingerprint density at radius 1 is 1.31 bits per heavy atom. The molecule has 5 nitrogen and oxygen atoms in total. The number of hydrogen-bond donors (Lipinski definition) is 2. The quantitative estimate of drug-likeness (QED) is 0.675. The molecule has 0 amide bonds. The van der Waals surface area contributed by atoms with Gasteiger partial charge in [0.2, 0.25) is 0 Å². The highest BCUT2D eigenvalue weighted by Gasteiger charge is 2.27. The van der Waals surface area contributed by atoms with E-state index in [4.69, 9.17) is 10.8 Å². The largest absolute Gasteiger partial charge is 0.480 e. The van der Waals surface area contributed by atoms with Crippen molar-refractivity contribution in [3.05, 3.63) is 0 Å². The number of carboxylic acid groups (broad SMARTS) is 1. The van der Waals surface area contributed by atoms with E-state index in [0.29, 0.717) is 5.92 Å². The van der Waals surface area contributed by atoms with Crippen LogP contribution in [-0.2, 0) is 4.79 Å². The van der Waals surface area contributed by atoms with Gasteiger partial charge in [0.05, 0.1) is 0 Å². The van der Waals surface area contributed by atoms with Crippen molar-refractivity contribution in [1.82, 2.24) is 9.80 Å². The minimum absolute atomic E-state index is 0.194. The Morgan fingerprint density at radius 2 is 1.88 bits per heavy atom. The fourth-order valence-corrected chi connectivity index (χ4v) is 2.18. The molecular weight excluding hydrogens is 206 g/mol. The summed E-state index contributed by atoms with van der Waals surface area (Å²) in [5, 5.41) is 9.00. The second kappa shape index (κ2) is 6.18. The number of hydrogen-bond acceptors (Lipinski definition) is 4. The van der Waals surface area contributed by atoms with Crippen molar-refractivity contribution in [2.75, 3.05) is 39.3 Å². The van der Waals surface area contributed by atoms with Gasteiger partial charge in [-0.1, -0.05) is 13.8 Å². The monoisotopic (exact) mass is 229 g/mol. The van der Waals surface area contributed by atoms with Crippen LogP contribution in [0.2, 0.25) is 0 Å². The normalized spacial score (nSPS) is 21.2. The number of nitrogens with two attached hydrogens (primary N) is 1. The molecule has 1 aliphatic rings. The average molecular weight is 229 g/mol. The molecule has 0 saturated carbocycles. The average Bonchev–Trinajstić information content (AvgIpc) is 2.20. The first-order chi connectivity index (χ1) is 7.54. The van der Waals surface area contributed by atoms with Gasteiger partial charge in [0.25, 0.3) is 0 Å².